The van der Waals surface area contributed by atoms with Crippen LogP contribution in [0.25, 0.3) is 11.4 Å². The Kier molecular flexibility index (Phi) is 3.59. The molecule has 4 heteroatoms. The van der Waals surface area contributed by atoms with E-state index in [0.717, 1.165) is 23.4 Å². The van der Waals surface area contributed by atoms with Gasteiger partial charge in [0.2, 0.25) is 0 Å². The van der Waals surface area contributed by atoms with Gasteiger partial charge in [-0.15, -0.1) is 0 Å². The van der Waals surface area contributed by atoms with Gasteiger partial charge >= 0.3 is 0 Å². The molecule has 0 bridgehead atoms. The quantitative estimate of drug-likeness (QED) is 0.782. The van der Waals surface area contributed by atoms with E-state index in [9.17, 15) is 0 Å². The van der Waals surface area contributed by atoms with Gasteiger partial charge in [0.15, 0.2) is 5.82 Å². The van der Waals surface area contributed by atoms with E-state index in [1.807, 2.05) is 31.2 Å². The van der Waals surface area contributed by atoms with Crippen LogP contribution in [0.4, 0.5) is 0 Å². The van der Waals surface area contributed by atoms with Crippen molar-refractivity contribution in [2.24, 2.45) is 0 Å². The summed E-state index contributed by atoms with van der Waals surface area (Å²) >= 11 is 5.97. The zero-order valence-electron chi connectivity index (χ0n) is 9.77. The molecular formula is C13H13ClN2O. The number of methoxy groups -OCH3 is 1. The number of rotatable bonds is 3. The second kappa shape index (κ2) is 5.15. The van der Waals surface area contributed by atoms with Crippen LogP contribution in [0.5, 0.6) is 5.75 Å². The largest absolute Gasteiger partial charge is 0.497 e. The van der Waals surface area contributed by atoms with E-state index >= 15 is 0 Å². The van der Waals surface area contributed by atoms with Crippen LogP contribution in [-0.2, 0) is 6.42 Å². The van der Waals surface area contributed by atoms with Gasteiger partial charge in [0, 0.05) is 11.3 Å². The second-order valence-corrected chi connectivity index (χ2v) is 3.98. The summed E-state index contributed by atoms with van der Waals surface area (Å²) in [5.41, 5.74) is 1.84. The molecule has 0 fully saturated rings. The van der Waals surface area contributed by atoms with Gasteiger partial charge < -0.3 is 4.74 Å². The molecule has 0 aliphatic rings. The number of aromatic nitrogens is 2. The zero-order chi connectivity index (χ0) is 12.3. The van der Waals surface area contributed by atoms with Gasteiger partial charge in [-0.1, -0.05) is 30.7 Å². The van der Waals surface area contributed by atoms with E-state index in [1.165, 1.54) is 0 Å². The van der Waals surface area contributed by atoms with E-state index in [0.29, 0.717) is 11.0 Å². The lowest BCUT2D eigenvalue weighted by molar-refractivity contribution is 0.415. The number of nitrogens with zero attached hydrogens (tertiary/aromatic N) is 2. The Morgan fingerprint density at radius 1 is 1.24 bits per heavy atom. The predicted octanol–water partition coefficient (Wildman–Crippen LogP) is 3.37. The molecule has 0 amide bonds. The Hall–Kier alpha value is -1.61. The maximum absolute atomic E-state index is 5.97. The van der Waals surface area contributed by atoms with Crippen LogP contribution in [0, 0.1) is 0 Å². The lowest BCUT2D eigenvalue weighted by Crippen LogP contribution is -1.95. The average Bonchev–Trinajstić information content (AvgIpc) is 2.38. The van der Waals surface area contributed by atoms with Crippen LogP contribution in [0.1, 0.15) is 12.6 Å². The zero-order valence-corrected chi connectivity index (χ0v) is 10.5. The molecule has 1 aromatic heterocycles. The summed E-state index contributed by atoms with van der Waals surface area (Å²) in [7, 11) is 1.63. The first kappa shape index (κ1) is 11.9. The van der Waals surface area contributed by atoms with Gasteiger partial charge in [0.1, 0.15) is 10.9 Å². The highest BCUT2D eigenvalue weighted by Crippen LogP contribution is 2.22. The first-order valence-electron chi connectivity index (χ1n) is 5.41. The monoisotopic (exact) mass is 248 g/mol. The molecule has 0 saturated carbocycles. The minimum atomic E-state index is 0.467. The van der Waals surface area contributed by atoms with Gasteiger partial charge in [0.05, 0.1) is 7.11 Å². The first-order chi connectivity index (χ1) is 8.22. The summed E-state index contributed by atoms with van der Waals surface area (Å²) < 4.78 is 5.17. The van der Waals surface area contributed by atoms with E-state index in [2.05, 4.69) is 9.97 Å². The molecule has 2 aromatic rings. The second-order valence-electron chi connectivity index (χ2n) is 3.59. The van der Waals surface area contributed by atoms with Crippen LogP contribution in [-0.4, -0.2) is 17.1 Å². The number of aryl methyl sites for hydroxylation is 1. The average molecular weight is 249 g/mol. The minimum Gasteiger partial charge on any atom is -0.497 e. The number of hydrogen-bond donors (Lipinski definition) is 0. The molecule has 3 nitrogen and oxygen atoms in total. The Morgan fingerprint density at radius 2 is 2.06 bits per heavy atom. The van der Waals surface area contributed by atoms with Crippen LogP contribution in [0.15, 0.2) is 30.3 Å². The Morgan fingerprint density at radius 3 is 2.76 bits per heavy atom. The summed E-state index contributed by atoms with van der Waals surface area (Å²) in [5.74, 6) is 1.41. The molecule has 0 atom stereocenters. The molecule has 0 radical (unpaired) electrons. The molecule has 0 unspecified atom stereocenters. The maximum atomic E-state index is 5.97. The topological polar surface area (TPSA) is 35.0 Å². The molecule has 0 aliphatic heterocycles. The smallest absolute Gasteiger partial charge is 0.161 e. The fraction of sp³-hybridized carbons (Fsp3) is 0.231. The Balaban J connectivity index is 2.47. The molecule has 88 valence electrons. The highest BCUT2D eigenvalue weighted by molar-refractivity contribution is 6.29. The number of hydrogen-bond acceptors (Lipinski definition) is 3. The van der Waals surface area contributed by atoms with Crippen LogP contribution in [0.3, 0.4) is 0 Å². The number of benzene rings is 1. The van der Waals surface area contributed by atoms with Gasteiger partial charge in [-0.3, -0.25) is 0 Å². The third-order valence-electron chi connectivity index (χ3n) is 2.44. The van der Waals surface area contributed by atoms with Gasteiger partial charge in [0.25, 0.3) is 0 Å². The van der Waals surface area contributed by atoms with Crippen molar-refractivity contribution in [1.82, 2.24) is 9.97 Å². The molecule has 0 spiro atoms. The molecule has 1 aromatic carbocycles. The fourth-order valence-electron chi connectivity index (χ4n) is 1.54. The number of halogens is 1. The third kappa shape index (κ3) is 2.74. The van der Waals surface area contributed by atoms with Crippen molar-refractivity contribution in [3.8, 4) is 17.1 Å². The minimum absolute atomic E-state index is 0.467. The van der Waals surface area contributed by atoms with Gasteiger partial charge in [-0.25, -0.2) is 9.97 Å². The molecule has 1 heterocycles. The molecule has 0 N–H and O–H groups in total. The van der Waals surface area contributed by atoms with E-state index in [-0.39, 0.29) is 0 Å². The Labute approximate surface area is 105 Å². The maximum Gasteiger partial charge on any atom is 0.161 e. The standard InChI is InChI=1S/C13H13ClN2O/c1-3-10-8-12(14)16-13(15-10)9-5-4-6-11(7-9)17-2/h4-8H,3H2,1-2H3. The van der Waals surface area contributed by atoms with Gasteiger partial charge in [-0.05, 0) is 24.6 Å². The van der Waals surface area contributed by atoms with Crippen molar-refractivity contribution in [3.05, 3.63) is 41.2 Å². The summed E-state index contributed by atoms with van der Waals surface area (Å²) in [6.07, 6.45) is 0.833. The predicted molar refractivity (Wildman–Crippen MR) is 68.4 cm³/mol. The fourth-order valence-corrected chi connectivity index (χ4v) is 1.74. The van der Waals surface area contributed by atoms with Crippen LogP contribution in [0.2, 0.25) is 5.15 Å². The molecule has 0 aliphatic carbocycles. The lowest BCUT2D eigenvalue weighted by atomic mass is 10.2. The van der Waals surface area contributed by atoms with Crippen LogP contribution < -0.4 is 4.74 Å². The van der Waals surface area contributed by atoms with Crippen molar-refractivity contribution in [2.45, 2.75) is 13.3 Å². The normalized spacial score (nSPS) is 10.3. The van der Waals surface area contributed by atoms with Gasteiger partial charge in [-0.2, -0.15) is 0 Å². The van der Waals surface area contributed by atoms with Crippen LogP contribution >= 0.6 is 11.6 Å². The van der Waals surface area contributed by atoms with Crippen molar-refractivity contribution in [2.75, 3.05) is 7.11 Å². The molecular weight excluding hydrogens is 236 g/mol. The number of ether oxygens (including phenoxy) is 1. The van der Waals surface area contributed by atoms with E-state index in [4.69, 9.17) is 16.3 Å². The SMILES string of the molecule is CCc1cc(Cl)nc(-c2cccc(OC)c2)n1. The summed E-state index contributed by atoms with van der Waals surface area (Å²) in [5, 5.41) is 0.467. The van der Waals surface area contributed by atoms with Crippen molar-refractivity contribution in [1.29, 1.82) is 0 Å². The highest BCUT2D eigenvalue weighted by atomic mass is 35.5. The van der Waals surface area contributed by atoms with Crippen molar-refractivity contribution in [3.63, 3.8) is 0 Å². The summed E-state index contributed by atoms with van der Waals surface area (Å²) in [6.45, 7) is 2.04. The van der Waals surface area contributed by atoms with Crippen molar-refractivity contribution < 1.29 is 4.74 Å². The molecule has 17 heavy (non-hydrogen) atoms. The highest BCUT2D eigenvalue weighted by Gasteiger charge is 2.05. The lowest BCUT2D eigenvalue weighted by Gasteiger charge is -2.05. The third-order valence-corrected chi connectivity index (χ3v) is 2.63. The summed E-state index contributed by atoms with van der Waals surface area (Å²) in [6, 6.07) is 9.41. The Bertz CT molecular complexity index is 529. The van der Waals surface area contributed by atoms with Crippen molar-refractivity contribution >= 4 is 11.6 Å². The van der Waals surface area contributed by atoms with E-state index in [1.54, 1.807) is 13.2 Å². The first-order valence-corrected chi connectivity index (χ1v) is 5.78. The molecule has 0 saturated heterocycles. The molecule has 2 rings (SSSR count). The summed E-state index contributed by atoms with van der Waals surface area (Å²) in [4.78, 5) is 8.67. The van der Waals surface area contributed by atoms with E-state index < -0.39 is 0 Å².